The Morgan fingerprint density at radius 2 is 2.30 bits per heavy atom. The zero-order chi connectivity index (χ0) is 14.7. The number of anilines is 1. The van der Waals surface area contributed by atoms with Crippen molar-refractivity contribution in [2.75, 3.05) is 19.0 Å². The number of nitriles is 1. The fourth-order valence-electron chi connectivity index (χ4n) is 1.83. The first-order chi connectivity index (χ1) is 9.58. The Labute approximate surface area is 121 Å². The lowest BCUT2D eigenvalue weighted by Crippen LogP contribution is -2.19. The summed E-state index contributed by atoms with van der Waals surface area (Å²) in [5.41, 5.74) is 0.934. The van der Waals surface area contributed by atoms with Gasteiger partial charge in [-0.25, -0.2) is 4.39 Å². The van der Waals surface area contributed by atoms with E-state index in [0.717, 1.165) is 0 Å². The minimum Gasteiger partial charge on any atom is -0.381 e. The van der Waals surface area contributed by atoms with Gasteiger partial charge >= 0.3 is 0 Å². The van der Waals surface area contributed by atoms with E-state index in [9.17, 15) is 4.39 Å². The van der Waals surface area contributed by atoms with Crippen molar-refractivity contribution < 1.29 is 9.13 Å². The summed E-state index contributed by atoms with van der Waals surface area (Å²) in [6.07, 6.45) is 1.28. The molecule has 4 nitrogen and oxygen atoms in total. The van der Waals surface area contributed by atoms with E-state index < -0.39 is 5.82 Å². The average Bonchev–Trinajstić information content (AvgIpc) is 2.47. The number of halogens is 2. The zero-order valence-electron chi connectivity index (χ0n) is 11.1. The smallest absolute Gasteiger partial charge is 0.149 e. The van der Waals surface area contributed by atoms with Gasteiger partial charge in [0.1, 0.15) is 17.4 Å². The maximum Gasteiger partial charge on any atom is 0.149 e. The summed E-state index contributed by atoms with van der Waals surface area (Å²) in [6.45, 7) is 2.35. The Balaban J connectivity index is 2.60. The SMILES string of the molecule is COC(C)CNc1c(C#N)cnc2c(F)ccc(Cl)c12. The van der Waals surface area contributed by atoms with Gasteiger partial charge in [0.05, 0.1) is 22.4 Å². The Morgan fingerprint density at radius 3 is 2.95 bits per heavy atom. The fourth-order valence-corrected chi connectivity index (χ4v) is 2.08. The van der Waals surface area contributed by atoms with Crippen molar-refractivity contribution in [3.8, 4) is 6.07 Å². The number of pyridine rings is 1. The normalized spacial score (nSPS) is 12.2. The van der Waals surface area contributed by atoms with Crippen LogP contribution in [-0.4, -0.2) is 24.7 Å². The van der Waals surface area contributed by atoms with Crippen molar-refractivity contribution in [3.63, 3.8) is 0 Å². The number of rotatable bonds is 4. The molecule has 1 unspecified atom stereocenters. The molecule has 0 spiro atoms. The molecule has 2 aromatic rings. The van der Waals surface area contributed by atoms with Gasteiger partial charge < -0.3 is 10.1 Å². The van der Waals surface area contributed by atoms with E-state index >= 15 is 0 Å². The molecule has 6 heteroatoms. The van der Waals surface area contributed by atoms with Crippen molar-refractivity contribution >= 4 is 28.2 Å². The lowest BCUT2D eigenvalue weighted by Gasteiger charge is -2.15. The molecule has 0 aliphatic rings. The van der Waals surface area contributed by atoms with E-state index in [1.165, 1.54) is 18.3 Å². The number of methoxy groups -OCH3 is 1. The second-order valence-electron chi connectivity index (χ2n) is 4.34. The molecule has 0 saturated carbocycles. The summed E-state index contributed by atoms with van der Waals surface area (Å²) in [6, 6.07) is 4.74. The zero-order valence-corrected chi connectivity index (χ0v) is 11.8. The quantitative estimate of drug-likeness (QED) is 0.939. The van der Waals surface area contributed by atoms with Crippen molar-refractivity contribution in [2.24, 2.45) is 0 Å². The molecule has 0 amide bonds. The second-order valence-corrected chi connectivity index (χ2v) is 4.75. The molecule has 1 aromatic heterocycles. The summed E-state index contributed by atoms with van der Waals surface area (Å²) in [4.78, 5) is 3.97. The van der Waals surface area contributed by atoms with E-state index in [-0.39, 0.29) is 11.6 Å². The molecule has 1 aromatic carbocycles. The molecule has 2 rings (SSSR count). The molecule has 1 atom stereocenters. The maximum atomic E-state index is 13.8. The Bertz CT molecular complexity index is 684. The summed E-state index contributed by atoms with van der Waals surface area (Å²) in [7, 11) is 1.59. The predicted octanol–water partition coefficient (Wildman–Crippen LogP) is 3.35. The van der Waals surface area contributed by atoms with Crippen LogP contribution in [0.1, 0.15) is 12.5 Å². The summed E-state index contributed by atoms with van der Waals surface area (Å²) < 4.78 is 18.9. The number of nitrogens with one attached hydrogen (secondary N) is 1. The fraction of sp³-hybridized carbons (Fsp3) is 0.286. The highest BCUT2D eigenvalue weighted by atomic mass is 35.5. The summed E-state index contributed by atoms with van der Waals surface area (Å²) in [5.74, 6) is -0.475. The van der Waals surface area contributed by atoms with E-state index in [2.05, 4.69) is 10.3 Å². The number of ether oxygens (including phenoxy) is 1. The summed E-state index contributed by atoms with van der Waals surface area (Å²) >= 11 is 6.12. The highest BCUT2D eigenvalue weighted by molar-refractivity contribution is 6.36. The van der Waals surface area contributed by atoms with Gasteiger partial charge in [0.15, 0.2) is 0 Å². The van der Waals surface area contributed by atoms with Crippen molar-refractivity contribution in [2.45, 2.75) is 13.0 Å². The molecular formula is C14H13ClFN3O. The van der Waals surface area contributed by atoms with Gasteiger partial charge in [-0.15, -0.1) is 0 Å². The Hall–Kier alpha value is -1.90. The minimum absolute atomic E-state index is 0.0582. The average molecular weight is 294 g/mol. The molecule has 0 aliphatic carbocycles. The highest BCUT2D eigenvalue weighted by Gasteiger charge is 2.15. The van der Waals surface area contributed by atoms with Gasteiger partial charge in [-0.3, -0.25) is 4.98 Å². The molecule has 1 heterocycles. The van der Waals surface area contributed by atoms with Crippen LogP contribution in [0.2, 0.25) is 5.02 Å². The second kappa shape index (κ2) is 6.04. The molecule has 0 saturated heterocycles. The molecular weight excluding hydrogens is 281 g/mol. The third-order valence-electron chi connectivity index (χ3n) is 3.01. The Morgan fingerprint density at radius 1 is 1.55 bits per heavy atom. The number of fused-ring (bicyclic) bond motifs is 1. The van der Waals surface area contributed by atoms with Gasteiger partial charge in [0.2, 0.25) is 0 Å². The molecule has 1 N–H and O–H groups in total. The summed E-state index contributed by atoms with van der Waals surface area (Å²) in [5, 5.41) is 13.0. The molecule has 0 fully saturated rings. The lowest BCUT2D eigenvalue weighted by atomic mass is 10.1. The minimum atomic E-state index is -0.475. The number of benzene rings is 1. The first-order valence-electron chi connectivity index (χ1n) is 6.02. The van der Waals surface area contributed by atoms with Gasteiger partial charge in [-0.05, 0) is 19.1 Å². The molecule has 0 radical (unpaired) electrons. The van der Waals surface area contributed by atoms with Crippen LogP contribution < -0.4 is 5.32 Å². The van der Waals surface area contributed by atoms with Crippen LogP contribution in [0.3, 0.4) is 0 Å². The first kappa shape index (κ1) is 14.5. The van der Waals surface area contributed by atoms with Gasteiger partial charge in [-0.2, -0.15) is 5.26 Å². The molecule has 0 bridgehead atoms. The maximum absolute atomic E-state index is 13.8. The van der Waals surface area contributed by atoms with E-state index in [1.807, 2.05) is 13.0 Å². The third-order valence-corrected chi connectivity index (χ3v) is 3.32. The topological polar surface area (TPSA) is 57.9 Å². The first-order valence-corrected chi connectivity index (χ1v) is 6.39. The van der Waals surface area contributed by atoms with E-state index in [4.69, 9.17) is 21.6 Å². The van der Waals surface area contributed by atoms with Crippen LogP contribution in [0.15, 0.2) is 18.3 Å². The standard InChI is InChI=1S/C14H13ClFN3O/c1-8(20-2)6-18-13-9(5-17)7-19-14-11(16)4-3-10(15)12(13)14/h3-4,7-8H,6H2,1-2H3,(H,18,19). The van der Waals surface area contributed by atoms with Crippen LogP contribution in [0, 0.1) is 17.1 Å². The molecule has 20 heavy (non-hydrogen) atoms. The van der Waals surface area contributed by atoms with E-state index in [1.54, 1.807) is 7.11 Å². The lowest BCUT2D eigenvalue weighted by molar-refractivity contribution is 0.129. The van der Waals surface area contributed by atoms with Crippen molar-refractivity contribution in [1.29, 1.82) is 5.26 Å². The van der Waals surface area contributed by atoms with Crippen LogP contribution in [-0.2, 0) is 4.74 Å². The largest absolute Gasteiger partial charge is 0.381 e. The number of hydrogen-bond acceptors (Lipinski definition) is 4. The number of aromatic nitrogens is 1. The van der Waals surface area contributed by atoms with Crippen LogP contribution in [0.25, 0.3) is 10.9 Å². The van der Waals surface area contributed by atoms with Crippen LogP contribution in [0.4, 0.5) is 10.1 Å². The predicted molar refractivity (Wildman–Crippen MR) is 76.4 cm³/mol. The van der Waals surface area contributed by atoms with Crippen molar-refractivity contribution in [3.05, 3.63) is 34.7 Å². The third kappa shape index (κ3) is 2.67. The van der Waals surface area contributed by atoms with E-state index in [0.29, 0.717) is 28.2 Å². The van der Waals surface area contributed by atoms with Gasteiger partial charge in [-0.1, -0.05) is 11.6 Å². The van der Waals surface area contributed by atoms with Crippen LogP contribution in [0.5, 0.6) is 0 Å². The number of hydrogen-bond donors (Lipinski definition) is 1. The Kier molecular flexibility index (Phi) is 4.38. The van der Waals surface area contributed by atoms with Crippen LogP contribution >= 0.6 is 11.6 Å². The van der Waals surface area contributed by atoms with Crippen molar-refractivity contribution in [1.82, 2.24) is 4.98 Å². The van der Waals surface area contributed by atoms with Gasteiger partial charge in [0, 0.05) is 25.2 Å². The monoisotopic (exact) mass is 293 g/mol. The van der Waals surface area contributed by atoms with Gasteiger partial charge in [0.25, 0.3) is 0 Å². The molecule has 104 valence electrons. The molecule has 0 aliphatic heterocycles. The highest BCUT2D eigenvalue weighted by Crippen LogP contribution is 2.33. The number of nitrogens with zero attached hydrogens (tertiary/aromatic N) is 2.